The van der Waals surface area contributed by atoms with Crippen LogP contribution >= 0.6 is 0 Å². The predicted octanol–water partition coefficient (Wildman–Crippen LogP) is 6.25. The molecular formula is C31H35F5N2O2. The number of fused-ring (bicyclic) bond motifs is 3. The second-order valence-corrected chi connectivity index (χ2v) is 11.7. The number of likely N-dealkylation sites (tertiary alicyclic amines) is 2. The summed E-state index contributed by atoms with van der Waals surface area (Å²) in [6.07, 6.45) is -1.33. The normalized spacial score (nSPS) is 24.8. The minimum atomic E-state index is -5.04. The fraction of sp³-hybridized carbons (Fsp3) is 0.548. The molecule has 0 saturated carbocycles. The van der Waals surface area contributed by atoms with Crippen molar-refractivity contribution in [3.63, 3.8) is 0 Å². The molecule has 1 aliphatic carbocycles. The molecule has 2 aliphatic heterocycles. The second-order valence-electron chi connectivity index (χ2n) is 11.7. The Morgan fingerprint density at radius 1 is 0.975 bits per heavy atom. The minimum absolute atomic E-state index is 0.0584. The van der Waals surface area contributed by atoms with Crippen LogP contribution in [0, 0.1) is 11.7 Å². The van der Waals surface area contributed by atoms with Crippen LogP contribution in [0.4, 0.5) is 22.0 Å². The van der Waals surface area contributed by atoms with Crippen LogP contribution in [0.5, 0.6) is 0 Å². The van der Waals surface area contributed by atoms with Crippen molar-refractivity contribution in [3.8, 4) is 0 Å². The van der Waals surface area contributed by atoms with Crippen LogP contribution in [0.15, 0.2) is 42.5 Å². The highest BCUT2D eigenvalue weighted by Crippen LogP contribution is 2.51. The Hall–Kier alpha value is -2.97. The molecule has 1 unspecified atom stereocenters. The number of benzene rings is 2. The van der Waals surface area contributed by atoms with Crippen LogP contribution in [-0.2, 0) is 33.5 Å². The van der Waals surface area contributed by atoms with E-state index in [0.29, 0.717) is 77.1 Å². The van der Waals surface area contributed by atoms with E-state index in [1.807, 2.05) is 11.8 Å². The lowest BCUT2D eigenvalue weighted by Gasteiger charge is -2.45. The average molecular weight is 563 g/mol. The molecular weight excluding hydrogens is 527 g/mol. The highest BCUT2D eigenvalue weighted by atomic mass is 19.4. The molecule has 2 saturated heterocycles. The SMILES string of the molecule is CCC(=O)N1CCC(C(=O)N2CC[C@@]3(Cc4ccc(F)cc4)c4ccc(C(C)(F)C(F)(F)F)cc4CC[C@@H]23)CC1. The molecule has 0 spiro atoms. The first kappa shape index (κ1) is 28.6. The molecule has 5 rings (SSSR count). The minimum Gasteiger partial charge on any atom is -0.343 e. The first-order valence-electron chi connectivity index (χ1n) is 14.1. The van der Waals surface area contributed by atoms with Gasteiger partial charge in [0, 0.05) is 43.4 Å². The van der Waals surface area contributed by atoms with Gasteiger partial charge in [-0.15, -0.1) is 0 Å². The van der Waals surface area contributed by atoms with Crippen LogP contribution in [0.2, 0.25) is 0 Å². The molecule has 2 amide bonds. The van der Waals surface area contributed by atoms with Gasteiger partial charge in [-0.1, -0.05) is 37.3 Å². The Morgan fingerprint density at radius 2 is 1.65 bits per heavy atom. The maximum Gasteiger partial charge on any atom is 0.426 e. The quantitative estimate of drug-likeness (QED) is 0.405. The van der Waals surface area contributed by atoms with E-state index in [4.69, 9.17) is 0 Å². The van der Waals surface area contributed by atoms with E-state index in [2.05, 4.69) is 0 Å². The summed E-state index contributed by atoms with van der Waals surface area (Å²) in [4.78, 5) is 29.7. The summed E-state index contributed by atoms with van der Waals surface area (Å²) in [5.41, 5.74) is -2.10. The van der Waals surface area contributed by atoms with Gasteiger partial charge in [0.25, 0.3) is 0 Å². The third-order valence-electron chi connectivity index (χ3n) is 9.43. The Morgan fingerprint density at radius 3 is 2.27 bits per heavy atom. The average Bonchev–Trinajstić information content (AvgIpc) is 3.32. The number of rotatable bonds is 5. The number of carbonyl (C=O) groups is 2. The van der Waals surface area contributed by atoms with E-state index in [1.165, 1.54) is 24.3 Å². The number of amides is 2. The monoisotopic (exact) mass is 562 g/mol. The van der Waals surface area contributed by atoms with Gasteiger partial charge in [0.15, 0.2) is 0 Å². The Balaban J connectivity index is 1.47. The van der Waals surface area contributed by atoms with Gasteiger partial charge in [0.05, 0.1) is 0 Å². The lowest BCUT2D eigenvalue weighted by Crippen LogP contribution is -2.52. The lowest BCUT2D eigenvalue weighted by atomic mass is 9.63. The molecule has 216 valence electrons. The van der Waals surface area contributed by atoms with Crippen molar-refractivity contribution in [2.24, 2.45) is 5.92 Å². The zero-order chi connectivity index (χ0) is 28.9. The van der Waals surface area contributed by atoms with E-state index in [0.717, 1.165) is 11.1 Å². The van der Waals surface area contributed by atoms with Crippen LogP contribution in [0.1, 0.15) is 68.2 Å². The Labute approximate surface area is 231 Å². The smallest absolute Gasteiger partial charge is 0.343 e. The van der Waals surface area contributed by atoms with E-state index >= 15 is 0 Å². The summed E-state index contributed by atoms with van der Waals surface area (Å²) >= 11 is 0. The third kappa shape index (κ3) is 4.90. The number of halogens is 5. The number of alkyl halides is 4. The van der Waals surface area contributed by atoms with E-state index in [1.54, 1.807) is 23.1 Å². The Kier molecular flexibility index (Phi) is 7.46. The molecule has 0 aromatic heterocycles. The molecule has 2 aromatic rings. The second kappa shape index (κ2) is 10.5. The summed E-state index contributed by atoms with van der Waals surface area (Å²) in [7, 11) is 0. The third-order valence-corrected chi connectivity index (χ3v) is 9.43. The van der Waals surface area contributed by atoms with Gasteiger partial charge in [-0.05, 0) is 79.8 Å². The van der Waals surface area contributed by atoms with Gasteiger partial charge in [-0.2, -0.15) is 13.2 Å². The number of hydrogen-bond donors (Lipinski definition) is 0. The molecule has 0 N–H and O–H groups in total. The maximum atomic E-state index is 14.9. The molecule has 40 heavy (non-hydrogen) atoms. The predicted molar refractivity (Wildman–Crippen MR) is 141 cm³/mol. The summed E-state index contributed by atoms with van der Waals surface area (Å²) < 4.78 is 69.1. The standard InChI is InChI=1S/C31H35F5N2O2/c1-3-27(39)37-15-12-21(13-16-37)28(40)38-17-14-30(19-20-4-8-24(32)9-5-20)25-10-7-23(29(2,33)31(34,35)36)18-22(25)6-11-26(30)38/h4-5,7-10,18,21,26H,3,6,11-17,19H2,1-2H3/t26-,29?,30-/m1/s1. The molecule has 2 heterocycles. The molecule has 0 bridgehead atoms. The molecule has 3 aliphatic rings. The van der Waals surface area contributed by atoms with Gasteiger partial charge in [-0.25, -0.2) is 8.78 Å². The summed E-state index contributed by atoms with van der Waals surface area (Å²) in [5, 5.41) is 0. The number of nitrogens with zero attached hydrogens (tertiary/aromatic N) is 2. The van der Waals surface area contributed by atoms with Crippen LogP contribution < -0.4 is 0 Å². The lowest BCUT2D eigenvalue weighted by molar-refractivity contribution is -0.228. The van der Waals surface area contributed by atoms with Crippen molar-refractivity contribution >= 4 is 11.8 Å². The van der Waals surface area contributed by atoms with E-state index in [9.17, 15) is 31.5 Å². The Bertz CT molecular complexity index is 1270. The number of carbonyl (C=O) groups excluding carboxylic acids is 2. The van der Waals surface area contributed by atoms with Gasteiger partial charge in [0.1, 0.15) is 5.82 Å². The summed E-state index contributed by atoms with van der Waals surface area (Å²) in [5.74, 6) is -0.408. The number of hydrogen-bond acceptors (Lipinski definition) is 2. The fourth-order valence-corrected chi connectivity index (χ4v) is 7.09. The van der Waals surface area contributed by atoms with E-state index < -0.39 is 22.8 Å². The number of piperidine rings is 1. The zero-order valence-electron chi connectivity index (χ0n) is 22.9. The highest BCUT2D eigenvalue weighted by molar-refractivity contribution is 5.81. The van der Waals surface area contributed by atoms with Crippen molar-refractivity contribution in [2.75, 3.05) is 19.6 Å². The molecule has 2 aromatic carbocycles. The van der Waals surface area contributed by atoms with Gasteiger partial charge >= 0.3 is 6.18 Å². The first-order chi connectivity index (χ1) is 18.9. The molecule has 3 atom stereocenters. The van der Waals surface area contributed by atoms with Crippen molar-refractivity contribution < 1.29 is 31.5 Å². The van der Waals surface area contributed by atoms with Crippen molar-refractivity contribution in [3.05, 3.63) is 70.5 Å². The van der Waals surface area contributed by atoms with Crippen molar-refractivity contribution in [1.29, 1.82) is 0 Å². The molecule has 0 radical (unpaired) electrons. The van der Waals surface area contributed by atoms with Crippen molar-refractivity contribution in [2.45, 2.75) is 82.1 Å². The topological polar surface area (TPSA) is 40.6 Å². The van der Waals surface area contributed by atoms with Crippen LogP contribution in [-0.4, -0.2) is 53.5 Å². The number of aryl methyl sites for hydroxylation is 1. The maximum absolute atomic E-state index is 14.9. The van der Waals surface area contributed by atoms with Crippen molar-refractivity contribution in [1.82, 2.24) is 9.80 Å². The first-order valence-corrected chi connectivity index (χ1v) is 14.1. The van der Waals surface area contributed by atoms with Crippen LogP contribution in [0.25, 0.3) is 0 Å². The summed E-state index contributed by atoms with van der Waals surface area (Å²) in [6, 6.07) is 10.2. The van der Waals surface area contributed by atoms with Gasteiger partial charge < -0.3 is 9.80 Å². The van der Waals surface area contributed by atoms with E-state index in [-0.39, 0.29) is 29.6 Å². The molecule has 2 fully saturated rings. The van der Waals surface area contributed by atoms with Gasteiger partial charge in [-0.3, -0.25) is 9.59 Å². The summed E-state index contributed by atoms with van der Waals surface area (Å²) in [6.45, 7) is 3.98. The molecule has 4 nitrogen and oxygen atoms in total. The fourth-order valence-electron chi connectivity index (χ4n) is 7.09. The zero-order valence-corrected chi connectivity index (χ0v) is 22.9. The van der Waals surface area contributed by atoms with Gasteiger partial charge in [0.2, 0.25) is 17.5 Å². The largest absolute Gasteiger partial charge is 0.426 e. The molecule has 9 heteroatoms. The van der Waals surface area contributed by atoms with Crippen LogP contribution in [0.3, 0.4) is 0 Å². The highest BCUT2D eigenvalue weighted by Gasteiger charge is 2.56.